The number of benzene rings is 2. The Morgan fingerprint density at radius 1 is 0.964 bits per heavy atom. The number of Topliss-reactive ketones (excluding diaryl/α,β-unsaturated/α-hetero) is 1. The fourth-order valence-electron chi connectivity index (χ4n) is 3.21. The predicted octanol–water partition coefficient (Wildman–Crippen LogP) is 3.08. The van der Waals surface area contributed by atoms with Gasteiger partial charge in [0.15, 0.2) is 5.78 Å². The molecule has 0 saturated carbocycles. The van der Waals surface area contributed by atoms with E-state index in [1.807, 2.05) is 0 Å². The van der Waals surface area contributed by atoms with Crippen LogP contribution in [0.15, 0.2) is 48.5 Å². The second-order valence-electron chi connectivity index (χ2n) is 7.20. The van der Waals surface area contributed by atoms with Gasteiger partial charge < -0.3 is 20.4 Å². The number of likely N-dealkylation sites (N-methyl/N-ethyl adjacent to an activating group) is 1. The Morgan fingerprint density at radius 3 is 2.36 bits per heavy atom. The molecule has 0 radical (unpaired) electrons. The standard InChI is InChI=1S/C22H28N4O2/c1-17(27)18-4-3-5-20(16-18)24-22(28)10-11-23-19-6-8-21(9-7-19)26-14-12-25(2)13-15-26/h3-9,16,23H,10-15H2,1-2H3,(H,24,28). The number of nitrogens with one attached hydrogen (secondary N) is 2. The van der Waals surface area contributed by atoms with Crippen molar-refractivity contribution < 1.29 is 9.59 Å². The second kappa shape index (κ2) is 9.37. The second-order valence-corrected chi connectivity index (χ2v) is 7.20. The molecule has 0 unspecified atom stereocenters. The number of carbonyl (C=O) groups excluding carboxylic acids is 2. The van der Waals surface area contributed by atoms with Crippen molar-refractivity contribution in [3.63, 3.8) is 0 Å². The maximum Gasteiger partial charge on any atom is 0.226 e. The van der Waals surface area contributed by atoms with E-state index in [4.69, 9.17) is 0 Å². The minimum absolute atomic E-state index is 0.0159. The molecular weight excluding hydrogens is 352 g/mol. The van der Waals surface area contributed by atoms with E-state index >= 15 is 0 Å². The highest BCUT2D eigenvalue weighted by Gasteiger charge is 2.13. The lowest BCUT2D eigenvalue weighted by Gasteiger charge is -2.34. The molecular formula is C22H28N4O2. The number of anilines is 3. The zero-order chi connectivity index (χ0) is 19.9. The van der Waals surface area contributed by atoms with Gasteiger partial charge in [0.05, 0.1) is 0 Å². The summed E-state index contributed by atoms with van der Waals surface area (Å²) < 4.78 is 0. The van der Waals surface area contributed by atoms with Gasteiger partial charge in [0, 0.05) is 61.8 Å². The van der Waals surface area contributed by atoms with Crippen LogP contribution in [-0.2, 0) is 4.79 Å². The fraction of sp³-hybridized carbons (Fsp3) is 0.364. The Balaban J connectivity index is 1.44. The zero-order valence-corrected chi connectivity index (χ0v) is 16.6. The van der Waals surface area contributed by atoms with E-state index in [1.165, 1.54) is 12.6 Å². The first-order chi connectivity index (χ1) is 13.5. The summed E-state index contributed by atoms with van der Waals surface area (Å²) in [6, 6.07) is 15.4. The molecule has 0 atom stereocenters. The summed E-state index contributed by atoms with van der Waals surface area (Å²) in [5, 5.41) is 6.12. The molecule has 0 aliphatic carbocycles. The number of hydrogen-bond acceptors (Lipinski definition) is 5. The third-order valence-corrected chi connectivity index (χ3v) is 4.97. The number of ketones is 1. The Kier molecular flexibility index (Phi) is 6.66. The van der Waals surface area contributed by atoms with Gasteiger partial charge in [-0.1, -0.05) is 12.1 Å². The molecule has 0 aromatic heterocycles. The van der Waals surface area contributed by atoms with Crippen LogP contribution in [0, 0.1) is 0 Å². The highest BCUT2D eigenvalue weighted by atomic mass is 16.1. The van der Waals surface area contributed by atoms with Crippen LogP contribution in [0.4, 0.5) is 17.1 Å². The van der Waals surface area contributed by atoms with Crippen molar-refractivity contribution in [2.24, 2.45) is 0 Å². The average molecular weight is 380 g/mol. The van der Waals surface area contributed by atoms with E-state index in [9.17, 15) is 9.59 Å². The lowest BCUT2D eigenvalue weighted by Crippen LogP contribution is -2.44. The van der Waals surface area contributed by atoms with Gasteiger partial charge in [-0.15, -0.1) is 0 Å². The van der Waals surface area contributed by atoms with Crippen LogP contribution >= 0.6 is 0 Å². The molecule has 0 spiro atoms. The van der Waals surface area contributed by atoms with Crippen molar-refractivity contribution >= 4 is 28.8 Å². The minimum atomic E-state index is -0.0812. The van der Waals surface area contributed by atoms with Crippen LogP contribution in [0.5, 0.6) is 0 Å². The first-order valence-electron chi connectivity index (χ1n) is 9.69. The monoisotopic (exact) mass is 380 g/mol. The van der Waals surface area contributed by atoms with Crippen molar-refractivity contribution in [3.8, 4) is 0 Å². The van der Waals surface area contributed by atoms with Gasteiger partial charge in [0.1, 0.15) is 0 Å². The molecule has 2 aromatic carbocycles. The summed E-state index contributed by atoms with van der Waals surface area (Å²) in [5.41, 5.74) is 3.48. The SMILES string of the molecule is CC(=O)c1cccc(NC(=O)CCNc2ccc(N3CCN(C)CC3)cc2)c1. The first-order valence-corrected chi connectivity index (χ1v) is 9.69. The van der Waals surface area contributed by atoms with Crippen molar-refractivity contribution in [3.05, 3.63) is 54.1 Å². The van der Waals surface area contributed by atoms with Gasteiger partial charge in [-0.2, -0.15) is 0 Å². The fourth-order valence-corrected chi connectivity index (χ4v) is 3.21. The first kappa shape index (κ1) is 19.9. The van der Waals surface area contributed by atoms with Gasteiger partial charge in [0.2, 0.25) is 5.91 Å². The molecule has 1 aliphatic rings. The van der Waals surface area contributed by atoms with Crippen LogP contribution in [0.1, 0.15) is 23.7 Å². The highest BCUT2D eigenvalue weighted by Crippen LogP contribution is 2.19. The van der Waals surface area contributed by atoms with Crippen LogP contribution < -0.4 is 15.5 Å². The number of nitrogens with zero attached hydrogens (tertiary/aromatic N) is 2. The van der Waals surface area contributed by atoms with Gasteiger partial charge in [-0.05, 0) is 50.4 Å². The van der Waals surface area contributed by atoms with Gasteiger partial charge in [-0.3, -0.25) is 9.59 Å². The van der Waals surface area contributed by atoms with Crippen molar-refractivity contribution in [1.82, 2.24) is 4.90 Å². The highest BCUT2D eigenvalue weighted by molar-refractivity contribution is 5.97. The van der Waals surface area contributed by atoms with E-state index in [2.05, 4.69) is 51.7 Å². The maximum absolute atomic E-state index is 12.1. The minimum Gasteiger partial charge on any atom is -0.385 e. The molecule has 1 heterocycles. The Morgan fingerprint density at radius 2 is 1.68 bits per heavy atom. The third-order valence-electron chi connectivity index (χ3n) is 4.97. The van der Waals surface area contributed by atoms with Crippen LogP contribution in [0.3, 0.4) is 0 Å². The quantitative estimate of drug-likeness (QED) is 0.723. The van der Waals surface area contributed by atoms with Crippen molar-refractivity contribution in [2.45, 2.75) is 13.3 Å². The topological polar surface area (TPSA) is 64.7 Å². The summed E-state index contributed by atoms with van der Waals surface area (Å²) in [6.45, 7) is 6.34. The number of piperazine rings is 1. The molecule has 1 aliphatic heterocycles. The molecule has 1 fully saturated rings. The van der Waals surface area contributed by atoms with Crippen LogP contribution in [0.2, 0.25) is 0 Å². The van der Waals surface area contributed by atoms with Crippen molar-refractivity contribution in [1.29, 1.82) is 0 Å². The third kappa shape index (κ3) is 5.57. The zero-order valence-electron chi connectivity index (χ0n) is 16.6. The molecule has 1 saturated heterocycles. The molecule has 28 heavy (non-hydrogen) atoms. The molecule has 0 bridgehead atoms. The summed E-state index contributed by atoms with van der Waals surface area (Å²) in [4.78, 5) is 28.3. The summed E-state index contributed by atoms with van der Waals surface area (Å²) in [5.74, 6) is -0.0972. The number of carbonyl (C=O) groups is 2. The Hall–Kier alpha value is -2.86. The lowest BCUT2D eigenvalue weighted by molar-refractivity contribution is -0.115. The molecule has 3 rings (SSSR count). The van der Waals surface area contributed by atoms with Gasteiger partial charge in [-0.25, -0.2) is 0 Å². The molecule has 2 N–H and O–H groups in total. The van der Waals surface area contributed by atoms with E-state index in [-0.39, 0.29) is 11.7 Å². The number of hydrogen-bond donors (Lipinski definition) is 2. The number of rotatable bonds is 7. The maximum atomic E-state index is 12.1. The molecule has 6 heteroatoms. The average Bonchev–Trinajstić information content (AvgIpc) is 2.69. The van der Waals surface area contributed by atoms with E-state index in [1.54, 1.807) is 24.3 Å². The lowest BCUT2D eigenvalue weighted by atomic mass is 10.1. The summed E-state index contributed by atoms with van der Waals surface area (Å²) in [6.07, 6.45) is 0.352. The Labute approximate surface area is 166 Å². The van der Waals surface area contributed by atoms with Gasteiger partial charge >= 0.3 is 0 Å². The molecule has 6 nitrogen and oxygen atoms in total. The van der Waals surface area contributed by atoms with Crippen LogP contribution in [0.25, 0.3) is 0 Å². The smallest absolute Gasteiger partial charge is 0.226 e. The van der Waals surface area contributed by atoms with E-state index in [0.29, 0.717) is 24.2 Å². The van der Waals surface area contributed by atoms with Gasteiger partial charge in [0.25, 0.3) is 0 Å². The summed E-state index contributed by atoms with van der Waals surface area (Å²) >= 11 is 0. The Bertz CT molecular complexity index is 812. The molecule has 2 aromatic rings. The van der Waals surface area contributed by atoms with E-state index < -0.39 is 0 Å². The molecule has 1 amide bonds. The largest absolute Gasteiger partial charge is 0.385 e. The molecule has 148 valence electrons. The normalized spacial score (nSPS) is 14.6. The van der Waals surface area contributed by atoms with Crippen LogP contribution in [-0.4, -0.2) is 56.4 Å². The number of amides is 1. The predicted molar refractivity (Wildman–Crippen MR) is 114 cm³/mol. The van der Waals surface area contributed by atoms with Crippen molar-refractivity contribution in [2.75, 3.05) is 55.3 Å². The summed E-state index contributed by atoms with van der Waals surface area (Å²) in [7, 11) is 2.15. The van der Waals surface area contributed by atoms with E-state index in [0.717, 1.165) is 31.9 Å².